The molecule has 0 saturated heterocycles. The van der Waals surface area contributed by atoms with Crippen LogP contribution in [0.2, 0.25) is 0 Å². The van der Waals surface area contributed by atoms with Gasteiger partial charge >= 0.3 is 11.8 Å². The fourth-order valence-electron chi connectivity index (χ4n) is 1.63. The van der Waals surface area contributed by atoms with Crippen LogP contribution in [0.3, 0.4) is 0 Å². The van der Waals surface area contributed by atoms with E-state index in [4.69, 9.17) is 4.74 Å². The molecule has 0 aromatic carbocycles. The van der Waals surface area contributed by atoms with Gasteiger partial charge < -0.3 is 14.9 Å². The van der Waals surface area contributed by atoms with Crippen molar-refractivity contribution in [1.29, 1.82) is 0 Å². The van der Waals surface area contributed by atoms with Gasteiger partial charge in [-0.3, -0.25) is 4.79 Å². The Hall–Kier alpha value is -1.92. The predicted molar refractivity (Wildman–Crippen MR) is 68.8 cm³/mol. The second kappa shape index (κ2) is 6.86. The van der Waals surface area contributed by atoms with Crippen molar-refractivity contribution in [3.63, 3.8) is 0 Å². The number of esters is 1. The van der Waals surface area contributed by atoms with Crippen LogP contribution in [-0.2, 0) is 16.1 Å². The summed E-state index contributed by atoms with van der Waals surface area (Å²) in [6.45, 7) is 6.27. The average molecular weight is 269 g/mol. The fraction of sp³-hybridized carbons (Fsp3) is 0.667. The van der Waals surface area contributed by atoms with Crippen molar-refractivity contribution in [3.8, 4) is 0 Å². The number of ether oxygens (including phenoxy) is 1. The molecule has 0 bridgehead atoms. The lowest BCUT2D eigenvalue weighted by molar-refractivity contribution is -0.392. The number of hydrogen-bond donors (Lipinski definition) is 0. The first kappa shape index (κ1) is 15.1. The Bertz CT molecular complexity index is 454. The summed E-state index contributed by atoms with van der Waals surface area (Å²) in [5, 5.41) is 15.1. The van der Waals surface area contributed by atoms with Gasteiger partial charge in [-0.1, -0.05) is 18.9 Å². The Morgan fingerprint density at radius 1 is 1.58 bits per heavy atom. The van der Waals surface area contributed by atoms with Gasteiger partial charge in [-0.15, -0.1) is 4.68 Å². The number of nitrogens with zero attached hydrogens (tertiary/aromatic N) is 3. The SMILES string of the molecule is CCOC(=O)CCCn1nc(C(C)C)cc1[N+](=O)[O-]. The van der Waals surface area contributed by atoms with Gasteiger partial charge in [0.25, 0.3) is 0 Å². The molecule has 0 aliphatic rings. The average Bonchev–Trinajstić information content (AvgIpc) is 2.74. The van der Waals surface area contributed by atoms with E-state index >= 15 is 0 Å². The lowest BCUT2D eigenvalue weighted by Gasteiger charge is -2.01. The number of nitro groups is 1. The zero-order valence-corrected chi connectivity index (χ0v) is 11.5. The molecular weight excluding hydrogens is 250 g/mol. The zero-order valence-electron chi connectivity index (χ0n) is 11.5. The molecule has 1 aromatic heterocycles. The lowest BCUT2D eigenvalue weighted by atomic mass is 10.1. The van der Waals surface area contributed by atoms with Crippen LogP contribution in [-0.4, -0.2) is 27.3 Å². The van der Waals surface area contributed by atoms with Crippen molar-refractivity contribution in [2.75, 3.05) is 6.61 Å². The quantitative estimate of drug-likeness (QED) is 0.430. The molecular formula is C12H19N3O4. The molecule has 0 atom stereocenters. The number of carbonyl (C=O) groups is 1. The molecule has 1 aromatic rings. The standard InChI is InChI=1S/C12H19N3O4/c1-4-19-12(16)6-5-7-14-11(15(17)18)8-10(13-14)9(2)3/h8-9H,4-7H2,1-3H3. The highest BCUT2D eigenvalue weighted by Crippen LogP contribution is 2.20. The van der Waals surface area contributed by atoms with Crippen LogP contribution in [0.4, 0.5) is 5.82 Å². The number of carbonyl (C=O) groups excluding carboxylic acids is 1. The maximum Gasteiger partial charge on any atom is 0.345 e. The largest absolute Gasteiger partial charge is 0.466 e. The fourth-order valence-corrected chi connectivity index (χ4v) is 1.63. The molecule has 7 nitrogen and oxygen atoms in total. The minimum Gasteiger partial charge on any atom is -0.466 e. The number of aromatic nitrogens is 2. The smallest absolute Gasteiger partial charge is 0.345 e. The zero-order chi connectivity index (χ0) is 14.4. The van der Waals surface area contributed by atoms with E-state index in [0.29, 0.717) is 25.3 Å². The Labute approximate surface area is 111 Å². The summed E-state index contributed by atoms with van der Waals surface area (Å²) in [7, 11) is 0. The minimum absolute atomic E-state index is 0.0347. The molecule has 1 rings (SSSR count). The maximum atomic E-state index is 11.2. The molecule has 0 spiro atoms. The van der Waals surface area contributed by atoms with Gasteiger partial charge in [0.15, 0.2) is 0 Å². The van der Waals surface area contributed by atoms with Gasteiger partial charge in [-0.05, 0) is 24.2 Å². The van der Waals surface area contributed by atoms with Crippen molar-refractivity contribution < 1.29 is 14.5 Å². The minimum atomic E-state index is -0.455. The highest BCUT2D eigenvalue weighted by molar-refractivity contribution is 5.69. The molecule has 19 heavy (non-hydrogen) atoms. The van der Waals surface area contributed by atoms with Gasteiger partial charge in [-0.25, -0.2) is 0 Å². The molecule has 0 N–H and O–H groups in total. The van der Waals surface area contributed by atoms with Crippen molar-refractivity contribution in [1.82, 2.24) is 9.78 Å². The summed E-state index contributed by atoms with van der Waals surface area (Å²) in [4.78, 5) is 21.6. The van der Waals surface area contributed by atoms with Crippen LogP contribution in [0.1, 0.15) is 45.2 Å². The van der Waals surface area contributed by atoms with Crippen LogP contribution < -0.4 is 0 Å². The van der Waals surface area contributed by atoms with Crippen molar-refractivity contribution in [2.24, 2.45) is 0 Å². The molecule has 0 fully saturated rings. The van der Waals surface area contributed by atoms with Gasteiger partial charge in [0.05, 0.1) is 18.4 Å². The molecule has 0 unspecified atom stereocenters. The summed E-state index contributed by atoms with van der Waals surface area (Å²) in [5.74, 6) is -0.195. The Balaban J connectivity index is 2.66. The normalized spacial score (nSPS) is 10.7. The topological polar surface area (TPSA) is 87.3 Å². The van der Waals surface area contributed by atoms with E-state index in [-0.39, 0.29) is 24.1 Å². The van der Waals surface area contributed by atoms with Gasteiger partial charge in [0.2, 0.25) is 0 Å². The van der Waals surface area contributed by atoms with E-state index in [1.165, 1.54) is 10.7 Å². The highest BCUT2D eigenvalue weighted by Gasteiger charge is 2.19. The van der Waals surface area contributed by atoms with Gasteiger partial charge in [0, 0.05) is 6.42 Å². The summed E-state index contributed by atoms with van der Waals surface area (Å²) in [6.07, 6.45) is 0.709. The second-order valence-corrected chi connectivity index (χ2v) is 4.47. The van der Waals surface area contributed by atoms with E-state index in [1.54, 1.807) is 6.92 Å². The Morgan fingerprint density at radius 3 is 2.79 bits per heavy atom. The highest BCUT2D eigenvalue weighted by atomic mass is 16.6. The molecule has 0 aliphatic heterocycles. The van der Waals surface area contributed by atoms with Gasteiger partial charge in [-0.2, -0.15) is 0 Å². The van der Waals surface area contributed by atoms with E-state index < -0.39 is 4.92 Å². The van der Waals surface area contributed by atoms with E-state index in [9.17, 15) is 14.9 Å². The van der Waals surface area contributed by atoms with Gasteiger partial charge in [0.1, 0.15) is 6.54 Å². The maximum absolute atomic E-state index is 11.2. The number of rotatable bonds is 7. The van der Waals surface area contributed by atoms with E-state index in [1.807, 2.05) is 13.8 Å². The van der Waals surface area contributed by atoms with Crippen molar-refractivity contribution in [3.05, 3.63) is 21.9 Å². The van der Waals surface area contributed by atoms with Crippen molar-refractivity contribution in [2.45, 2.75) is 46.1 Å². The first-order valence-corrected chi connectivity index (χ1v) is 6.33. The van der Waals surface area contributed by atoms with Crippen LogP contribution in [0.5, 0.6) is 0 Å². The number of aryl methyl sites for hydroxylation is 1. The van der Waals surface area contributed by atoms with Crippen LogP contribution >= 0.6 is 0 Å². The molecule has 7 heteroatoms. The third-order valence-electron chi connectivity index (χ3n) is 2.61. The molecule has 0 saturated carbocycles. The molecule has 0 amide bonds. The van der Waals surface area contributed by atoms with E-state index in [0.717, 1.165) is 0 Å². The molecule has 0 aliphatic carbocycles. The third-order valence-corrected chi connectivity index (χ3v) is 2.61. The second-order valence-electron chi connectivity index (χ2n) is 4.47. The Kier molecular flexibility index (Phi) is 5.47. The molecule has 106 valence electrons. The van der Waals surface area contributed by atoms with Crippen LogP contribution in [0, 0.1) is 10.1 Å². The summed E-state index contributed by atoms with van der Waals surface area (Å²) in [6, 6.07) is 1.48. The summed E-state index contributed by atoms with van der Waals surface area (Å²) >= 11 is 0. The first-order chi connectivity index (χ1) is 8.95. The monoisotopic (exact) mass is 269 g/mol. The molecule has 1 heterocycles. The third kappa shape index (κ3) is 4.35. The van der Waals surface area contributed by atoms with Crippen LogP contribution in [0.15, 0.2) is 6.07 Å². The van der Waals surface area contributed by atoms with Crippen molar-refractivity contribution >= 4 is 11.8 Å². The summed E-state index contributed by atoms with van der Waals surface area (Å²) < 4.78 is 6.14. The molecule has 0 radical (unpaired) electrons. The lowest BCUT2D eigenvalue weighted by Crippen LogP contribution is -2.09. The predicted octanol–water partition coefficient (Wildman–Crippen LogP) is 2.26. The first-order valence-electron chi connectivity index (χ1n) is 6.33. The number of hydrogen-bond acceptors (Lipinski definition) is 5. The Morgan fingerprint density at radius 2 is 2.26 bits per heavy atom. The van der Waals surface area contributed by atoms with Crippen LogP contribution in [0.25, 0.3) is 0 Å². The van der Waals surface area contributed by atoms with E-state index in [2.05, 4.69) is 5.10 Å². The summed E-state index contributed by atoms with van der Waals surface area (Å²) in [5.41, 5.74) is 0.683.